The molecule has 0 aliphatic heterocycles. The number of halogens is 3. The van der Waals surface area contributed by atoms with E-state index in [4.69, 9.17) is 69.2 Å². The Labute approximate surface area is 567 Å². The molecule has 60 nitrogen and oxygen atoms in total. The Kier molecular flexibility index (Phi) is 58.9. The Morgan fingerprint density at radius 3 is 0.562 bits per heavy atom. The van der Waals surface area contributed by atoms with Crippen LogP contribution in [0.5, 0.6) is 0 Å². The molecule has 0 aliphatic rings. The van der Waals surface area contributed by atoms with Gasteiger partial charge in [0.15, 0.2) is 52.2 Å². The van der Waals surface area contributed by atoms with Crippen LogP contribution in [0.15, 0.2) is 5.16 Å². The number of aliphatic hydroxyl groups is 2. The van der Waals surface area contributed by atoms with Crippen molar-refractivity contribution in [2.24, 2.45) is 5.16 Å². The number of amidine groups is 1. The van der Waals surface area contributed by atoms with E-state index < -0.39 is 187 Å². The molecule has 64 heteroatoms. The number of nitrogens with zero attached hydrogens (tertiary/aromatic N) is 18. The van der Waals surface area contributed by atoms with Crippen molar-refractivity contribution in [2.45, 2.75) is 153 Å². The van der Waals surface area contributed by atoms with Crippen LogP contribution in [-0.2, 0) is 23.9 Å². The molecule has 0 saturated heterocycles. The van der Waals surface area contributed by atoms with Gasteiger partial charge in [-0.15, -0.1) is 0 Å². The molecule has 0 saturated carbocycles. The van der Waals surface area contributed by atoms with E-state index in [2.05, 4.69) is 10.1 Å². The first-order valence-electron chi connectivity index (χ1n) is 23.4. The molecule has 3 atom stereocenters. The summed E-state index contributed by atoms with van der Waals surface area (Å²) in [6.07, 6.45) is -2.73. The first kappa shape index (κ1) is 108. The summed E-state index contributed by atoms with van der Waals surface area (Å²) in [6, 6.07) is 0. The number of oxime groups is 1. The van der Waals surface area contributed by atoms with Crippen LogP contribution in [0.4, 0.5) is 0 Å². The summed E-state index contributed by atoms with van der Waals surface area (Å²) in [5.41, 5.74) is -18.3. The van der Waals surface area contributed by atoms with E-state index in [1.165, 1.54) is 27.7 Å². The summed E-state index contributed by atoms with van der Waals surface area (Å²) >= 11 is 14.7. The average molecular weight is 1500 g/mol. The maximum absolute atomic E-state index is 10.6. The largest absolute Gasteiger partial charge is 1.00 e. The molecule has 2 N–H and O–H groups in total. The normalized spacial score (nSPS) is 11.7. The number of alkyl halides is 3. The van der Waals surface area contributed by atoms with Gasteiger partial charge in [-0.2, -0.15) is 0 Å². The second-order valence-electron chi connectivity index (χ2n) is 17.3. The minimum atomic E-state index is -2.63. The van der Waals surface area contributed by atoms with Gasteiger partial charge in [-0.3, -0.25) is 162 Å². The third-order valence-electron chi connectivity index (χ3n) is 9.25. The standard InChI is InChI=1S/2C8H14N4O10.2C3H6N2O5.3C2H4ClNO2.C2H4N2O4.C2H5NO2.Na/c2*1-6(21-4-7(2,9(13)14)10(15)16)22-5-8(3,11(17)18)12(19)20;2*1-3(2-6,4(7)8)5(9)10;3*1-2(3)4(5)6;1-2(3-8-7)4(5)6;1-2-3(4)5;/h2*6H,4-5H2,1-3H3;2*6H,2H2,1H3;3*2H,1H3;7H,1H3;2H2,1H3;/q;;;;;;;;;+1/p-1/b;;;;;;;3-2-;;. The Morgan fingerprint density at radius 2 is 0.510 bits per heavy atom. The van der Waals surface area contributed by atoms with E-state index in [1.807, 2.05) is 0 Å². The molecule has 0 aromatic carbocycles. The van der Waals surface area contributed by atoms with Gasteiger partial charge in [-0.25, -0.2) is 0 Å². The number of rotatable bonds is 31. The summed E-state index contributed by atoms with van der Waals surface area (Å²) < 4.78 is 18.9. The van der Waals surface area contributed by atoms with Crippen molar-refractivity contribution >= 4 is 40.6 Å². The second kappa shape index (κ2) is 52.2. The van der Waals surface area contributed by atoms with E-state index in [0.717, 1.165) is 34.6 Å². The minimum Gasteiger partial charge on any atom is -0.614 e. The van der Waals surface area contributed by atoms with E-state index in [9.17, 15) is 172 Å². The topological polar surface area (TPSA) is 855 Å². The fourth-order valence-corrected chi connectivity index (χ4v) is 2.34. The molecule has 0 heterocycles. The zero-order valence-electron chi connectivity index (χ0n) is 51.7. The summed E-state index contributed by atoms with van der Waals surface area (Å²) in [7, 11) is 0. The van der Waals surface area contributed by atoms with E-state index >= 15 is 0 Å². The van der Waals surface area contributed by atoms with Crippen molar-refractivity contribution in [3.8, 4) is 0 Å². The molecule has 3 unspecified atom stereocenters. The van der Waals surface area contributed by atoms with Crippen LogP contribution in [0.25, 0.3) is 0 Å². The van der Waals surface area contributed by atoms with Gasteiger partial charge in [0, 0.05) is 47.4 Å². The molecule has 0 aromatic heterocycles. The molecule has 96 heavy (non-hydrogen) atoms. The van der Waals surface area contributed by atoms with Crippen LogP contribution in [0, 0.1) is 172 Å². The SMILES string of the molecule is C/C(=N/O[O-])[N+](=O)[O-].CC(CO)([N+](=O)[O-])[N+](=O)[O-].CC(CO)([N+](=O)[O-])[N+](=O)[O-].CC(Cl)[N+](=O)[O-].CC(Cl)[N+](=O)[O-].CC(Cl)[N+](=O)[O-].CC(OCC(C)([N+](=O)[O-])[N+](=O)[O-])OCC(C)([N+](=O)[O-])[N+](=O)[O-].CC(OCC(C)([N+](=O)[O-])[N+](=O)[O-])OCC(C)([N+](=O)[O-])[N+](=O)[O-].CC[N+](=O)[O-].[Na+]. The van der Waals surface area contributed by atoms with Crippen LogP contribution >= 0.6 is 34.8 Å². The molecule has 0 aliphatic carbocycles. The Bertz CT molecular complexity index is 2310. The van der Waals surface area contributed by atoms with Gasteiger partial charge in [-0.1, -0.05) is 0 Å². The van der Waals surface area contributed by atoms with E-state index in [-0.39, 0.29) is 41.0 Å². The number of hydrogen-bond donors (Lipinski definition) is 2. The zero-order valence-corrected chi connectivity index (χ0v) is 56.0. The smallest absolute Gasteiger partial charge is 0.614 e. The molecule has 0 spiro atoms. The van der Waals surface area contributed by atoms with Crippen LogP contribution in [0.2, 0.25) is 0 Å². The number of hydrogen-bond acceptors (Lipinski definition) is 43. The van der Waals surface area contributed by atoms with Crippen molar-refractivity contribution in [1.82, 2.24) is 0 Å². The first-order chi connectivity index (χ1) is 42.5. The molecule has 0 rings (SSSR count). The van der Waals surface area contributed by atoms with Crippen molar-refractivity contribution in [3.05, 3.63) is 172 Å². The fourth-order valence-electron chi connectivity index (χ4n) is 2.34. The second-order valence-corrected chi connectivity index (χ2v) is 19.2. The summed E-state index contributed by atoms with van der Waals surface area (Å²) in [6.45, 7) is 6.95. The Balaban J connectivity index is -0.000000115. The van der Waals surface area contributed by atoms with Gasteiger partial charge in [0.05, 0.1) is 48.5 Å². The molecular weight excluding hydrogens is 1440 g/mol. The molecule has 0 radical (unpaired) electrons. The molecule has 0 bridgehead atoms. The van der Waals surface area contributed by atoms with Crippen molar-refractivity contribution in [1.29, 1.82) is 0 Å². The summed E-state index contributed by atoms with van der Waals surface area (Å²) in [4.78, 5) is 158. The predicted octanol–water partition coefficient (Wildman–Crippen LogP) is -2.97. The number of ether oxygens (including phenoxy) is 4. The van der Waals surface area contributed by atoms with Gasteiger partial charge in [0.25, 0.3) is 16.5 Å². The van der Waals surface area contributed by atoms with E-state index in [0.29, 0.717) is 27.7 Å². The van der Waals surface area contributed by atoms with Crippen molar-refractivity contribution in [3.63, 3.8) is 0 Å². The van der Waals surface area contributed by atoms with Crippen LogP contribution < -0.4 is 34.8 Å². The van der Waals surface area contributed by atoms with Crippen molar-refractivity contribution in [2.75, 3.05) is 46.2 Å². The third-order valence-corrected chi connectivity index (χ3v) is 9.73. The third kappa shape index (κ3) is 46.0. The monoisotopic (exact) mass is 1500 g/mol. The maximum Gasteiger partial charge on any atom is 1.00 e. The van der Waals surface area contributed by atoms with E-state index in [1.54, 1.807) is 0 Å². The minimum absolute atomic E-state index is 0. The number of nitro groups is 17. The van der Waals surface area contributed by atoms with Gasteiger partial charge in [0.2, 0.25) is 6.54 Å². The van der Waals surface area contributed by atoms with Gasteiger partial charge < -0.3 is 49.5 Å². The van der Waals surface area contributed by atoms with Crippen LogP contribution in [0.1, 0.15) is 90.0 Å². The van der Waals surface area contributed by atoms with Crippen LogP contribution in [0.3, 0.4) is 0 Å². The quantitative estimate of drug-likeness (QED) is 0.00805. The van der Waals surface area contributed by atoms with Gasteiger partial charge in [0.1, 0.15) is 64.2 Å². The summed E-state index contributed by atoms with van der Waals surface area (Å²) in [5.74, 6) is -0.556. The maximum atomic E-state index is 10.6. The molecule has 0 aromatic rings. The average Bonchev–Trinajstić information content (AvgIpc) is 0.947. The molecular formula is C32H60Cl3N18NaO42. The Morgan fingerprint density at radius 1 is 0.375 bits per heavy atom. The summed E-state index contributed by atoms with van der Waals surface area (Å²) in [5, 5.41) is 200. The fraction of sp³-hybridized carbons (Fsp3) is 0.969. The van der Waals surface area contributed by atoms with Crippen molar-refractivity contribution < 1.29 is 153 Å². The zero-order chi connectivity index (χ0) is 78.5. The predicted molar refractivity (Wildman–Crippen MR) is 297 cm³/mol. The van der Waals surface area contributed by atoms with Gasteiger partial charge >= 0.3 is 69.4 Å². The molecule has 552 valence electrons. The van der Waals surface area contributed by atoms with Crippen LogP contribution in [-0.4, -0.2) is 209 Å². The first-order valence-corrected chi connectivity index (χ1v) is 24.7. The van der Waals surface area contributed by atoms with Gasteiger partial charge in [-0.05, 0) is 53.6 Å². The molecule has 0 amide bonds. The molecule has 0 fully saturated rings. The number of aliphatic hydroxyl groups excluding tert-OH is 2. The Hall–Kier alpha value is -9.14.